The Balaban J connectivity index is 1.46. The van der Waals surface area contributed by atoms with Gasteiger partial charge in [-0.1, -0.05) is 19.1 Å². The molecule has 1 aromatic carbocycles. The molecule has 3 rings (SSSR count). The summed E-state index contributed by atoms with van der Waals surface area (Å²) in [5.41, 5.74) is 1.05. The number of furan rings is 1. The van der Waals surface area contributed by atoms with Crippen molar-refractivity contribution < 1.29 is 8.81 Å². The van der Waals surface area contributed by atoms with Gasteiger partial charge < -0.3 is 4.42 Å². The molecule has 0 bridgehead atoms. The van der Waals surface area contributed by atoms with Crippen molar-refractivity contribution in [1.29, 1.82) is 0 Å². The molecule has 0 unspecified atom stereocenters. The minimum Gasteiger partial charge on any atom is -0.465 e. The van der Waals surface area contributed by atoms with Crippen LogP contribution in [0.1, 0.15) is 30.4 Å². The molecule has 1 aliphatic heterocycles. The Kier molecular flexibility index (Phi) is 5.47. The molecule has 1 saturated heterocycles. The maximum atomic E-state index is 13.2. The van der Waals surface area contributed by atoms with Gasteiger partial charge in [0, 0.05) is 39.1 Å². The molecule has 23 heavy (non-hydrogen) atoms. The van der Waals surface area contributed by atoms with E-state index < -0.39 is 0 Å². The van der Waals surface area contributed by atoms with Gasteiger partial charge in [0.25, 0.3) is 0 Å². The maximum Gasteiger partial charge on any atom is 0.123 e. The van der Waals surface area contributed by atoms with E-state index in [4.69, 9.17) is 4.42 Å². The smallest absolute Gasteiger partial charge is 0.123 e. The van der Waals surface area contributed by atoms with E-state index in [0.717, 1.165) is 69.2 Å². The summed E-state index contributed by atoms with van der Waals surface area (Å²) in [5.74, 6) is 2.00. The van der Waals surface area contributed by atoms with Crippen LogP contribution in [-0.4, -0.2) is 36.0 Å². The van der Waals surface area contributed by atoms with Crippen molar-refractivity contribution in [2.24, 2.45) is 0 Å². The first-order valence-corrected chi connectivity index (χ1v) is 8.49. The van der Waals surface area contributed by atoms with Gasteiger partial charge in [-0.3, -0.25) is 9.80 Å². The van der Waals surface area contributed by atoms with E-state index in [1.54, 1.807) is 12.1 Å². The second kappa shape index (κ2) is 7.75. The molecule has 1 aromatic heterocycles. The summed E-state index contributed by atoms with van der Waals surface area (Å²) in [6.07, 6.45) is 2.13. The normalized spacial score (nSPS) is 16.8. The molecule has 0 aliphatic carbocycles. The molecular weight excluding hydrogens is 291 g/mol. The number of nitrogens with zero attached hydrogens (tertiary/aromatic N) is 2. The van der Waals surface area contributed by atoms with Crippen molar-refractivity contribution in [3.63, 3.8) is 0 Å². The molecular formula is C19H25FN2O. The highest BCUT2D eigenvalue weighted by molar-refractivity contribution is 5.16. The number of piperazine rings is 1. The van der Waals surface area contributed by atoms with Gasteiger partial charge in [-0.15, -0.1) is 0 Å². The van der Waals surface area contributed by atoms with Crippen molar-refractivity contribution in [1.82, 2.24) is 9.80 Å². The second-order valence-corrected chi connectivity index (χ2v) is 6.30. The third-order valence-corrected chi connectivity index (χ3v) is 4.35. The Bertz CT molecular complexity index is 617. The van der Waals surface area contributed by atoms with Crippen LogP contribution in [-0.2, 0) is 19.5 Å². The molecule has 4 heteroatoms. The first kappa shape index (κ1) is 16.2. The topological polar surface area (TPSA) is 19.6 Å². The van der Waals surface area contributed by atoms with Crippen molar-refractivity contribution in [2.75, 3.05) is 26.2 Å². The lowest BCUT2D eigenvalue weighted by Gasteiger charge is -2.34. The monoisotopic (exact) mass is 316 g/mol. The van der Waals surface area contributed by atoms with E-state index >= 15 is 0 Å². The van der Waals surface area contributed by atoms with Crippen LogP contribution in [0.2, 0.25) is 0 Å². The third-order valence-electron chi connectivity index (χ3n) is 4.35. The average molecular weight is 316 g/mol. The van der Waals surface area contributed by atoms with Gasteiger partial charge in [0.05, 0.1) is 6.54 Å². The highest BCUT2D eigenvalue weighted by Gasteiger charge is 2.18. The number of rotatable bonds is 6. The minimum absolute atomic E-state index is 0.151. The Morgan fingerprint density at radius 2 is 1.65 bits per heavy atom. The Morgan fingerprint density at radius 3 is 2.35 bits per heavy atom. The molecule has 124 valence electrons. The first-order chi connectivity index (χ1) is 11.2. The summed E-state index contributed by atoms with van der Waals surface area (Å²) in [5, 5.41) is 0. The van der Waals surface area contributed by atoms with E-state index in [9.17, 15) is 4.39 Å². The predicted octanol–water partition coefficient (Wildman–Crippen LogP) is 3.69. The quantitative estimate of drug-likeness (QED) is 0.810. The van der Waals surface area contributed by atoms with Gasteiger partial charge in [-0.05, 0) is 36.2 Å². The highest BCUT2D eigenvalue weighted by atomic mass is 19.1. The Morgan fingerprint density at radius 1 is 0.957 bits per heavy atom. The van der Waals surface area contributed by atoms with Crippen molar-refractivity contribution in [3.05, 3.63) is 59.3 Å². The average Bonchev–Trinajstić information content (AvgIpc) is 2.97. The van der Waals surface area contributed by atoms with Crippen LogP contribution in [0.25, 0.3) is 0 Å². The fourth-order valence-electron chi connectivity index (χ4n) is 3.11. The van der Waals surface area contributed by atoms with Gasteiger partial charge in [-0.25, -0.2) is 4.39 Å². The summed E-state index contributed by atoms with van der Waals surface area (Å²) in [6, 6.07) is 11.1. The molecule has 0 amide bonds. The van der Waals surface area contributed by atoms with Crippen molar-refractivity contribution in [3.8, 4) is 0 Å². The van der Waals surface area contributed by atoms with Gasteiger partial charge >= 0.3 is 0 Å². The van der Waals surface area contributed by atoms with E-state index in [2.05, 4.69) is 28.9 Å². The largest absolute Gasteiger partial charge is 0.465 e. The molecule has 0 N–H and O–H groups in total. The zero-order chi connectivity index (χ0) is 16.1. The maximum absolute atomic E-state index is 13.2. The lowest BCUT2D eigenvalue weighted by Crippen LogP contribution is -2.45. The molecule has 0 atom stereocenters. The number of aryl methyl sites for hydroxylation is 1. The Labute approximate surface area is 137 Å². The highest BCUT2D eigenvalue weighted by Crippen LogP contribution is 2.15. The molecule has 1 aliphatic rings. The van der Waals surface area contributed by atoms with Crippen molar-refractivity contribution >= 4 is 0 Å². The summed E-state index contributed by atoms with van der Waals surface area (Å²) in [4.78, 5) is 4.81. The van der Waals surface area contributed by atoms with E-state index in [0.29, 0.717) is 0 Å². The van der Waals surface area contributed by atoms with E-state index in [1.807, 2.05) is 6.07 Å². The second-order valence-electron chi connectivity index (χ2n) is 6.30. The van der Waals surface area contributed by atoms with Gasteiger partial charge in [0.2, 0.25) is 0 Å². The summed E-state index contributed by atoms with van der Waals surface area (Å²) in [6.45, 7) is 7.96. The van der Waals surface area contributed by atoms with E-state index in [1.165, 1.54) is 6.07 Å². The van der Waals surface area contributed by atoms with Crippen LogP contribution in [0.5, 0.6) is 0 Å². The van der Waals surface area contributed by atoms with Gasteiger partial charge in [-0.2, -0.15) is 0 Å². The summed E-state index contributed by atoms with van der Waals surface area (Å²) in [7, 11) is 0. The zero-order valence-corrected chi connectivity index (χ0v) is 13.8. The van der Waals surface area contributed by atoms with Crippen LogP contribution in [0, 0.1) is 5.82 Å². The van der Waals surface area contributed by atoms with Crippen LogP contribution >= 0.6 is 0 Å². The lowest BCUT2D eigenvalue weighted by atomic mass is 10.2. The minimum atomic E-state index is -0.151. The van der Waals surface area contributed by atoms with Gasteiger partial charge in [0.15, 0.2) is 0 Å². The van der Waals surface area contributed by atoms with Crippen molar-refractivity contribution in [2.45, 2.75) is 32.9 Å². The molecule has 0 radical (unpaired) electrons. The fourth-order valence-corrected chi connectivity index (χ4v) is 3.11. The summed E-state index contributed by atoms with van der Waals surface area (Å²) < 4.78 is 19.1. The lowest BCUT2D eigenvalue weighted by molar-refractivity contribution is 0.115. The van der Waals surface area contributed by atoms with E-state index in [-0.39, 0.29) is 5.82 Å². The van der Waals surface area contributed by atoms with Crippen LogP contribution in [0.3, 0.4) is 0 Å². The first-order valence-electron chi connectivity index (χ1n) is 8.49. The van der Waals surface area contributed by atoms with Gasteiger partial charge in [0.1, 0.15) is 17.3 Å². The standard InChI is InChI=1S/C19H25FN2O/c1-2-4-18-7-8-19(23-18)15-22-11-9-21(10-12-22)14-16-5-3-6-17(20)13-16/h3,5-8,13H,2,4,9-12,14-15H2,1H3. The number of hydrogen-bond acceptors (Lipinski definition) is 3. The fraction of sp³-hybridized carbons (Fsp3) is 0.474. The number of benzene rings is 1. The molecule has 3 nitrogen and oxygen atoms in total. The number of halogens is 1. The molecule has 2 aromatic rings. The summed E-state index contributed by atoms with van der Waals surface area (Å²) >= 11 is 0. The Hall–Kier alpha value is -1.65. The zero-order valence-electron chi connectivity index (χ0n) is 13.8. The van der Waals surface area contributed by atoms with Crippen LogP contribution < -0.4 is 0 Å². The number of hydrogen-bond donors (Lipinski definition) is 0. The third kappa shape index (κ3) is 4.66. The van der Waals surface area contributed by atoms with Crippen LogP contribution in [0.4, 0.5) is 4.39 Å². The van der Waals surface area contributed by atoms with Crippen LogP contribution in [0.15, 0.2) is 40.8 Å². The molecule has 0 saturated carbocycles. The molecule has 2 heterocycles. The molecule has 1 fully saturated rings. The predicted molar refractivity (Wildman–Crippen MR) is 89.7 cm³/mol. The SMILES string of the molecule is CCCc1ccc(CN2CCN(Cc3cccc(F)c3)CC2)o1. The molecule has 0 spiro atoms.